The molecule has 0 radical (unpaired) electrons. The fraction of sp³-hybridized carbons (Fsp3) is 0.600. The Morgan fingerprint density at radius 2 is 2.21 bits per heavy atom. The zero-order valence-corrected chi connectivity index (χ0v) is 8.48. The zero-order valence-electron chi connectivity index (χ0n) is 8.48. The summed E-state index contributed by atoms with van der Waals surface area (Å²) in [5.41, 5.74) is 5.50. The molecule has 2 rings (SSSR count). The standard InChI is InChI=1S/C10H16N4/c1-2-7-14(8-3-4-8)10-6-5-9(11)12-13-10/h5-6,8H,2-4,7H2,1H3,(H2,11,12). The lowest BCUT2D eigenvalue weighted by Crippen LogP contribution is -2.27. The van der Waals surface area contributed by atoms with E-state index in [0.29, 0.717) is 11.9 Å². The van der Waals surface area contributed by atoms with E-state index in [2.05, 4.69) is 22.0 Å². The Morgan fingerprint density at radius 1 is 1.43 bits per heavy atom. The fourth-order valence-corrected chi connectivity index (χ4v) is 1.60. The van der Waals surface area contributed by atoms with Crippen molar-refractivity contribution in [2.24, 2.45) is 0 Å². The van der Waals surface area contributed by atoms with Crippen molar-refractivity contribution in [1.29, 1.82) is 0 Å². The van der Waals surface area contributed by atoms with Gasteiger partial charge in [0.2, 0.25) is 0 Å². The van der Waals surface area contributed by atoms with Crippen LogP contribution in [-0.2, 0) is 0 Å². The van der Waals surface area contributed by atoms with Gasteiger partial charge < -0.3 is 10.6 Å². The molecular formula is C10H16N4. The summed E-state index contributed by atoms with van der Waals surface area (Å²) in [7, 11) is 0. The summed E-state index contributed by atoms with van der Waals surface area (Å²) in [6.07, 6.45) is 3.71. The van der Waals surface area contributed by atoms with E-state index < -0.39 is 0 Å². The number of nitrogens with zero attached hydrogens (tertiary/aromatic N) is 3. The highest BCUT2D eigenvalue weighted by molar-refractivity contribution is 5.43. The molecular weight excluding hydrogens is 176 g/mol. The summed E-state index contributed by atoms with van der Waals surface area (Å²) in [5.74, 6) is 1.45. The zero-order chi connectivity index (χ0) is 9.97. The van der Waals surface area contributed by atoms with Crippen LogP contribution >= 0.6 is 0 Å². The second-order valence-electron chi connectivity index (χ2n) is 3.74. The Morgan fingerprint density at radius 3 is 2.71 bits per heavy atom. The van der Waals surface area contributed by atoms with Crippen molar-refractivity contribution in [1.82, 2.24) is 10.2 Å². The molecule has 1 aliphatic carbocycles. The molecule has 0 bridgehead atoms. The minimum Gasteiger partial charge on any atom is -0.382 e. The van der Waals surface area contributed by atoms with Gasteiger partial charge in [0.1, 0.15) is 5.82 Å². The maximum atomic E-state index is 5.50. The molecule has 0 aromatic carbocycles. The summed E-state index contributed by atoms with van der Waals surface area (Å²) >= 11 is 0. The fourth-order valence-electron chi connectivity index (χ4n) is 1.60. The second kappa shape index (κ2) is 3.82. The van der Waals surface area contributed by atoms with E-state index in [-0.39, 0.29) is 0 Å². The molecule has 1 heterocycles. The van der Waals surface area contributed by atoms with Crippen LogP contribution in [0.3, 0.4) is 0 Å². The first-order valence-corrected chi connectivity index (χ1v) is 5.17. The van der Waals surface area contributed by atoms with Gasteiger partial charge in [0.15, 0.2) is 5.82 Å². The Bertz CT molecular complexity index is 291. The minimum absolute atomic E-state index is 0.487. The van der Waals surface area contributed by atoms with Crippen molar-refractivity contribution in [2.45, 2.75) is 32.2 Å². The van der Waals surface area contributed by atoms with Crippen molar-refractivity contribution in [3.8, 4) is 0 Å². The van der Waals surface area contributed by atoms with E-state index in [1.165, 1.54) is 12.8 Å². The van der Waals surface area contributed by atoms with E-state index >= 15 is 0 Å². The van der Waals surface area contributed by atoms with Crippen LogP contribution in [0.4, 0.5) is 11.6 Å². The van der Waals surface area contributed by atoms with Gasteiger partial charge in [-0.15, -0.1) is 10.2 Å². The second-order valence-corrected chi connectivity index (χ2v) is 3.74. The summed E-state index contributed by atoms with van der Waals surface area (Å²) in [6.45, 7) is 3.24. The van der Waals surface area contributed by atoms with E-state index in [9.17, 15) is 0 Å². The molecule has 0 spiro atoms. The van der Waals surface area contributed by atoms with Crippen LogP contribution in [0, 0.1) is 0 Å². The van der Waals surface area contributed by atoms with E-state index in [1.54, 1.807) is 0 Å². The van der Waals surface area contributed by atoms with E-state index in [4.69, 9.17) is 5.73 Å². The van der Waals surface area contributed by atoms with Crippen LogP contribution in [0.25, 0.3) is 0 Å². The molecule has 1 fully saturated rings. The molecule has 4 heteroatoms. The van der Waals surface area contributed by atoms with Gasteiger partial charge in [-0.25, -0.2) is 0 Å². The molecule has 2 N–H and O–H groups in total. The average Bonchev–Trinajstić information content (AvgIpc) is 2.99. The van der Waals surface area contributed by atoms with Gasteiger partial charge in [-0.3, -0.25) is 0 Å². The largest absolute Gasteiger partial charge is 0.382 e. The molecule has 4 nitrogen and oxygen atoms in total. The predicted octanol–water partition coefficient (Wildman–Crippen LogP) is 1.44. The van der Waals surface area contributed by atoms with Gasteiger partial charge in [-0.1, -0.05) is 6.92 Å². The molecule has 0 atom stereocenters. The van der Waals surface area contributed by atoms with Crippen molar-refractivity contribution in [3.05, 3.63) is 12.1 Å². The van der Waals surface area contributed by atoms with E-state index in [1.807, 2.05) is 12.1 Å². The third-order valence-corrected chi connectivity index (χ3v) is 2.42. The van der Waals surface area contributed by atoms with Gasteiger partial charge in [0.25, 0.3) is 0 Å². The Labute approximate surface area is 84.1 Å². The summed E-state index contributed by atoms with van der Waals surface area (Å²) in [5, 5.41) is 7.99. The lowest BCUT2D eigenvalue weighted by molar-refractivity contribution is 0.741. The number of anilines is 2. The summed E-state index contributed by atoms with van der Waals surface area (Å²) < 4.78 is 0. The number of nitrogens with two attached hydrogens (primary N) is 1. The molecule has 0 amide bonds. The van der Waals surface area contributed by atoms with Crippen LogP contribution in [0.5, 0.6) is 0 Å². The molecule has 0 saturated heterocycles. The van der Waals surface area contributed by atoms with Gasteiger partial charge >= 0.3 is 0 Å². The molecule has 1 saturated carbocycles. The molecule has 1 aliphatic rings. The Balaban J connectivity index is 2.13. The van der Waals surface area contributed by atoms with E-state index in [0.717, 1.165) is 18.8 Å². The number of rotatable bonds is 4. The van der Waals surface area contributed by atoms with Crippen LogP contribution in [0.2, 0.25) is 0 Å². The number of hydrogen-bond donors (Lipinski definition) is 1. The molecule has 0 unspecified atom stereocenters. The monoisotopic (exact) mass is 192 g/mol. The topological polar surface area (TPSA) is 55.0 Å². The summed E-state index contributed by atoms with van der Waals surface area (Å²) in [6, 6.07) is 4.46. The molecule has 1 aromatic rings. The first-order valence-electron chi connectivity index (χ1n) is 5.17. The number of aromatic nitrogens is 2. The van der Waals surface area contributed by atoms with Crippen LogP contribution in [0.1, 0.15) is 26.2 Å². The maximum absolute atomic E-state index is 5.50. The Hall–Kier alpha value is -1.32. The third kappa shape index (κ3) is 1.95. The van der Waals surface area contributed by atoms with Crippen LogP contribution in [-0.4, -0.2) is 22.8 Å². The molecule has 76 valence electrons. The smallest absolute Gasteiger partial charge is 0.151 e. The van der Waals surface area contributed by atoms with Gasteiger partial charge in [-0.2, -0.15) is 0 Å². The lowest BCUT2D eigenvalue weighted by Gasteiger charge is -2.21. The highest BCUT2D eigenvalue weighted by Gasteiger charge is 2.29. The highest BCUT2D eigenvalue weighted by atomic mass is 15.3. The highest BCUT2D eigenvalue weighted by Crippen LogP contribution is 2.30. The van der Waals surface area contributed by atoms with Crippen molar-refractivity contribution >= 4 is 11.6 Å². The normalized spacial score (nSPS) is 15.5. The van der Waals surface area contributed by atoms with Gasteiger partial charge in [-0.05, 0) is 31.4 Å². The third-order valence-electron chi connectivity index (χ3n) is 2.42. The first-order chi connectivity index (χ1) is 6.81. The van der Waals surface area contributed by atoms with Crippen molar-refractivity contribution in [2.75, 3.05) is 17.2 Å². The van der Waals surface area contributed by atoms with Crippen molar-refractivity contribution < 1.29 is 0 Å². The number of nitrogen functional groups attached to an aromatic ring is 1. The maximum Gasteiger partial charge on any atom is 0.151 e. The van der Waals surface area contributed by atoms with Crippen LogP contribution in [0.15, 0.2) is 12.1 Å². The van der Waals surface area contributed by atoms with Gasteiger partial charge in [0, 0.05) is 12.6 Å². The van der Waals surface area contributed by atoms with Crippen LogP contribution < -0.4 is 10.6 Å². The average molecular weight is 192 g/mol. The quantitative estimate of drug-likeness (QED) is 0.784. The molecule has 14 heavy (non-hydrogen) atoms. The minimum atomic E-state index is 0.487. The predicted molar refractivity (Wildman–Crippen MR) is 57.1 cm³/mol. The van der Waals surface area contributed by atoms with Gasteiger partial charge in [0.05, 0.1) is 0 Å². The summed E-state index contributed by atoms with van der Waals surface area (Å²) in [4.78, 5) is 2.33. The molecule has 1 aromatic heterocycles. The first kappa shape index (κ1) is 9.24. The SMILES string of the molecule is CCCN(c1ccc(N)nn1)C1CC1. The molecule has 0 aliphatic heterocycles. The number of hydrogen-bond acceptors (Lipinski definition) is 4. The lowest BCUT2D eigenvalue weighted by atomic mass is 10.3. The Kier molecular flexibility index (Phi) is 2.52. The van der Waals surface area contributed by atoms with Crippen molar-refractivity contribution in [3.63, 3.8) is 0 Å².